The van der Waals surface area contributed by atoms with Crippen molar-refractivity contribution in [1.82, 2.24) is 0 Å². The Labute approximate surface area is 174 Å². The molecule has 1 heterocycles. The fourth-order valence-corrected chi connectivity index (χ4v) is 2.39. The maximum Gasteiger partial charge on any atom is 0.332 e. The second-order valence-electron chi connectivity index (χ2n) is 6.39. The molecule has 2 atom stereocenters. The summed E-state index contributed by atoms with van der Waals surface area (Å²) in [6, 6.07) is 18.6. The topological polar surface area (TPSA) is 107 Å². The molecular weight excluding hydrogens is 371 g/mol. The molecule has 0 spiro atoms. The van der Waals surface area contributed by atoms with Gasteiger partial charge in [0.2, 0.25) is 0 Å². The minimum absolute atomic E-state index is 0. The zero-order valence-electron chi connectivity index (χ0n) is 16.6. The zero-order valence-corrected chi connectivity index (χ0v) is 16.6. The number of hydrogen-bond acceptors (Lipinski definition) is 5. The van der Waals surface area contributed by atoms with Gasteiger partial charge in [0.15, 0.2) is 6.10 Å². The van der Waals surface area contributed by atoms with E-state index in [-0.39, 0.29) is 21.4 Å². The quantitative estimate of drug-likeness (QED) is 0.549. The number of benzene rings is 2. The highest BCUT2D eigenvalue weighted by Crippen LogP contribution is 2.03. The predicted octanol–water partition coefficient (Wildman–Crippen LogP) is 1.67. The number of aliphatic carboxylic acids is 1. The molecular formula is C22H30BO6. The summed E-state index contributed by atoms with van der Waals surface area (Å²) in [6.45, 7) is 1.83. The standard InChI is InChI=1S/C9H10O3.C9H12O2.C4H8O.B/c10-8(9(11)12)6-7-4-2-1-3-5-7;10-7-9(11)6-8-4-2-1-3-5-8;1-2-4-5-3-1;/h1-5,8,10H,6H2,(H,11,12);1-5,9-11H,6-7H2;1-4H2;/t8-;9-;;/m11../s1. The molecule has 0 aliphatic carbocycles. The van der Waals surface area contributed by atoms with Crippen LogP contribution in [0.15, 0.2) is 60.7 Å². The second-order valence-corrected chi connectivity index (χ2v) is 6.39. The Balaban J connectivity index is 0.000000427. The van der Waals surface area contributed by atoms with Crippen molar-refractivity contribution in [2.75, 3.05) is 19.8 Å². The average molecular weight is 401 g/mol. The first-order valence-corrected chi connectivity index (χ1v) is 9.38. The Kier molecular flexibility index (Phi) is 15.5. The molecule has 1 saturated heterocycles. The molecule has 3 radical (unpaired) electrons. The van der Waals surface area contributed by atoms with E-state index in [1.54, 1.807) is 12.1 Å². The van der Waals surface area contributed by atoms with Crippen molar-refractivity contribution < 1.29 is 30.0 Å². The van der Waals surface area contributed by atoms with Crippen LogP contribution in [0.25, 0.3) is 0 Å². The summed E-state index contributed by atoms with van der Waals surface area (Å²) in [4.78, 5) is 10.3. The monoisotopic (exact) mass is 401 g/mol. The van der Waals surface area contributed by atoms with Gasteiger partial charge in [-0.1, -0.05) is 60.7 Å². The maximum atomic E-state index is 10.3. The van der Waals surface area contributed by atoms with Gasteiger partial charge in [0.25, 0.3) is 0 Å². The number of ether oxygens (including phenoxy) is 1. The van der Waals surface area contributed by atoms with Crippen molar-refractivity contribution in [1.29, 1.82) is 0 Å². The lowest BCUT2D eigenvalue weighted by Gasteiger charge is -2.05. The molecule has 1 aliphatic rings. The first kappa shape index (κ1) is 26.8. The maximum absolute atomic E-state index is 10.3. The third-order valence-corrected chi connectivity index (χ3v) is 3.91. The van der Waals surface area contributed by atoms with Crippen molar-refractivity contribution in [2.24, 2.45) is 0 Å². The largest absolute Gasteiger partial charge is 0.479 e. The molecule has 0 amide bonds. The van der Waals surface area contributed by atoms with E-state index in [2.05, 4.69) is 0 Å². The van der Waals surface area contributed by atoms with Gasteiger partial charge in [0.1, 0.15) is 0 Å². The lowest BCUT2D eigenvalue weighted by atomic mass is 10.1. The van der Waals surface area contributed by atoms with Crippen molar-refractivity contribution in [3.8, 4) is 0 Å². The van der Waals surface area contributed by atoms with Gasteiger partial charge < -0.3 is 25.2 Å². The summed E-state index contributed by atoms with van der Waals surface area (Å²) >= 11 is 0. The highest BCUT2D eigenvalue weighted by molar-refractivity contribution is 5.75. The lowest BCUT2D eigenvalue weighted by Crippen LogP contribution is -2.21. The Morgan fingerprint density at radius 2 is 1.31 bits per heavy atom. The minimum atomic E-state index is -1.30. The van der Waals surface area contributed by atoms with Crippen LogP contribution in [0, 0.1) is 0 Å². The number of carboxylic acids is 1. The number of hydrogen-bond donors (Lipinski definition) is 4. The molecule has 1 fully saturated rings. The Hall–Kier alpha value is -2.19. The fourth-order valence-electron chi connectivity index (χ4n) is 2.39. The van der Waals surface area contributed by atoms with E-state index in [0.717, 1.165) is 24.3 Å². The highest BCUT2D eigenvalue weighted by atomic mass is 16.5. The third kappa shape index (κ3) is 13.6. The van der Waals surface area contributed by atoms with Gasteiger partial charge in [-0.3, -0.25) is 0 Å². The van der Waals surface area contributed by atoms with Gasteiger partial charge in [-0.2, -0.15) is 0 Å². The number of carbonyl (C=O) groups is 1. The third-order valence-electron chi connectivity index (χ3n) is 3.91. The Bertz CT molecular complexity index is 627. The summed E-state index contributed by atoms with van der Waals surface area (Å²) < 4.78 is 4.94. The van der Waals surface area contributed by atoms with E-state index in [1.165, 1.54) is 12.8 Å². The summed E-state index contributed by atoms with van der Waals surface area (Å²) in [6.07, 6.45) is 1.32. The first-order chi connectivity index (χ1) is 13.5. The van der Waals surface area contributed by atoms with Gasteiger partial charge in [-0.05, 0) is 24.0 Å². The van der Waals surface area contributed by atoms with Crippen LogP contribution in [-0.2, 0) is 22.4 Å². The molecule has 0 aromatic heterocycles. The van der Waals surface area contributed by atoms with E-state index >= 15 is 0 Å². The predicted molar refractivity (Wildman–Crippen MR) is 113 cm³/mol. The van der Waals surface area contributed by atoms with Crippen LogP contribution >= 0.6 is 0 Å². The van der Waals surface area contributed by atoms with Crippen LogP contribution in [0.1, 0.15) is 24.0 Å². The van der Waals surface area contributed by atoms with Gasteiger partial charge >= 0.3 is 5.97 Å². The summed E-state index contributed by atoms with van der Waals surface area (Å²) in [7, 11) is 0. The van der Waals surface area contributed by atoms with Crippen LogP contribution in [0.5, 0.6) is 0 Å². The van der Waals surface area contributed by atoms with Gasteiger partial charge in [0, 0.05) is 34.5 Å². The van der Waals surface area contributed by atoms with Crippen molar-refractivity contribution in [3.63, 3.8) is 0 Å². The molecule has 0 saturated carbocycles. The minimum Gasteiger partial charge on any atom is -0.479 e. The highest BCUT2D eigenvalue weighted by Gasteiger charge is 2.12. The molecule has 4 N–H and O–H groups in total. The molecule has 3 rings (SSSR count). The molecule has 6 nitrogen and oxygen atoms in total. The van der Waals surface area contributed by atoms with Crippen molar-refractivity contribution in [3.05, 3.63) is 71.8 Å². The first-order valence-electron chi connectivity index (χ1n) is 9.38. The van der Waals surface area contributed by atoms with E-state index < -0.39 is 18.2 Å². The molecule has 1 aliphatic heterocycles. The lowest BCUT2D eigenvalue weighted by molar-refractivity contribution is -0.146. The Morgan fingerprint density at radius 3 is 1.66 bits per heavy atom. The average Bonchev–Trinajstić information content (AvgIpc) is 3.30. The van der Waals surface area contributed by atoms with Crippen LogP contribution in [0.4, 0.5) is 0 Å². The number of aliphatic hydroxyl groups excluding tert-OH is 3. The van der Waals surface area contributed by atoms with Crippen molar-refractivity contribution in [2.45, 2.75) is 37.9 Å². The Morgan fingerprint density at radius 1 is 0.862 bits per heavy atom. The molecule has 0 bridgehead atoms. The molecule has 0 unspecified atom stereocenters. The van der Waals surface area contributed by atoms with E-state index in [4.69, 9.17) is 25.2 Å². The van der Waals surface area contributed by atoms with Crippen molar-refractivity contribution >= 4 is 14.4 Å². The van der Waals surface area contributed by atoms with Gasteiger partial charge in [-0.25, -0.2) is 4.79 Å². The van der Waals surface area contributed by atoms with Crippen LogP contribution < -0.4 is 0 Å². The van der Waals surface area contributed by atoms with E-state index in [0.29, 0.717) is 6.42 Å². The van der Waals surface area contributed by atoms with E-state index in [9.17, 15) is 4.79 Å². The summed E-state index contributed by atoms with van der Waals surface area (Å²) in [5.74, 6) is -1.18. The molecule has 29 heavy (non-hydrogen) atoms. The zero-order chi connectivity index (χ0) is 20.6. The number of aliphatic hydroxyl groups is 3. The molecule has 2 aromatic rings. The fraction of sp³-hybridized carbons (Fsp3) is 0.409. The van der Waals surface area contributed by atoms with Crippen LogP contribution in [0.3, 0.4) is 0 Å². The van der Waals surface area contributed by atoms with Crippen LogP contribution in [-0.4, -0.2) is 66.8 Å². The van der Waals surface area contributed by atoms with Crippen LogP contribution in [0.2, 0.25) is 0 Å². The van der Waals surface area contributed by atoms with Gasteiger partial charge in [0.05, 0.1) is 12.7 Å². The molecule has 2 aromatic carbocycles. The molecule has 7 heteroatoms. The number of carboxylic acid groups (broad SMARTS) is 1. The molecule has 157 valence electrons. The summed E-state index contributed by atoms with van der Waals surface area (Å²) in [5.41, 5.74) is 1.88. The SMILES string of the molecule is C1CCOC1.O=C(O)[C@H](O)Cc1ccccc1.OC[C@H](O)Cc1ccccc1.[B]. The normalized spacial score (nSPS) is 14.2. The smallest absolute Gasteiger partial charge is 0.332 e. The van der Waals surface area contributed by atoms with E-state index in [1.807, 2.05) is 48.5 Å². The number of rotatable bonds is 6. The summed E-state index contributed by atoms with van der Waals surface area (Å²) in [5, 5.41) is 35.0. The second kappa shape index (κ2) is 16.7. The van der Waals surface area contributed by atoms with Gasteiger partial charge in [-0.15, -0.1) is 0 Å².